The molecule has 1 unspecified atom stereocenters. The molecule has 1 aromatic carbocycles. The summed E-state index contributed by atoms with van der Waals surface area (Å²) in [5.41, 5.74) is 1.08. The largest absolute Gasteiger partial charge is 0.396 e. The van der Waals surface area contributed by atoms with Crippen LogP contribution in [0.3, 0.4) is 0 Å². The first-order chi connectivity index (χ1) is 6.70. The van der Waals surface area contributed by atoms with Gasteiger partial charge < -0.3 is 9.84 Å². The summed E-state index contributed by atoms with van der Waals surface area (Å²) in [6.07, 6.45) is 0. The second-order valence-corrected chi connectivity index (χ2v) is 3.34. The van der Waals surface area contributed by atoms with Crippen LogP contribution in [0.25, 0.3) is 0 Å². The van der Waals surface area contributed by atoms with Crippen molar-refractivity contribution in [2.24, 2.45) is 0 Å². The van der Waals surface area contributed by atoms with Crippen LogP contribution in [0.2, 0.25) is 0 Å². The molecule has 1 N–H and O–H groups in total. The lowest BCUT2D eigenvalue weighted by atomic mass is 9.99. The maximum Gasteiger partial charge on any atom is 0.132 e. The third-order valence-electron chi connectivity index (χ3n) is 2.21. The molecule has 0 bridgehead atoms. The topological polar surface area (TPSA) is 29.5 Å². The number of halogens is 1. The molecular weight excluding hydrogens is 183 g/mol. The molecule has 1 atom stereocenters. The van der Waals surface area contributed by atoms with Crippen LogP contribution in [0, 0.1) is 5.82 Å². The van der Waals surface area contributed by atoms with Crippen molar-refractivity contribution in [2.45, 2.75) is 19.4 Å². The Kier molecular flexibility index (Phi) is 4.04. The molecule has 0 radical (unpaired) electrons. The molecule has 0 aliphatic rings. The Labute approximate surface area is 83.3 Å². The zero-order valence-electron chi connectivity index (χ0n) is 8.46. The van der Waals surface area contributed by atoms with Crippen molar-refractivity contribution in [2.75, 3.05) is 13.7 Å². The van der Waals surface area contributed by atoms with Crippen molar-refractivity contribution < 1.29 is 14.2 Å². The second kappa shape index (κ2) is 5.08. The summed E-state index contributed by atoms with van der Waals surface area (Å²) in [4.78, 5) is 0. The number of aliphatic hydroxyl groups is 1. The Morgan fingerprint density at radius 1 is 1.50 bits per heavy atom. The molecule has 14 heavy (non-hydrogen) atoms. The van der Waals surface area contributed by atoms with Gasteiger partial charge in [0.15, 0.2) is 0 Å². The van der Waals surface area contributed by atoms with E-state index in [0.29, 0.717) is 11.1 Å². The van der Waals surface area contributed by atoms with E-state index in [0.717, 1.165) is 0 Å². The van der Waals surface area contributed by atoms with Crippen LogP contribution in [0.1, 0.15) is 24.0 Å². The highest BCUT2D eigenvalue weighted by atomic mass is 19.1. The van der Waals surface area contributed by atoms with Crippen molar-refractivity contribution in [3.8, 4) is 0 Å². The van der Waals surface area contributed by atoms with Crippen LogP contribution < -0.4 is 0 Å². The Bertz CT molecular complexity index is 299. The quantitative estimate of drug-likeness (QED) is 0.802. The number of benzene rings is 1. The zero-order valence-corrected chi connectivity index (χ0v) is 8.46. The third-order valence-corrected chi connectivity index (χ3v) is 2.21. The van der Waals surface area contributed by atoms with E-state index in [1.54, 1.807) is 25.1 Å². The first-order valence-corrected chi connectivity index (χ1v) is 4.57. The van der Waals surface area contributed by atoms with Gasteiger partial charge in [-0.1, -0.05) is 25.1 Å². The molecular formula is C11H15FO2. The molecule has 1 aromatic rings. The summed E-state index contributed by atoms with van der Waals surface area (Å²) in [5.74, 6) is -0.442. The number of hydrogen-bond acceptors (Lipinski definition) is 2. The highest BCUT2D eigenvalue weighted by Crippen LogP contribution is 2.21. The fourth-order valence-electron chi connectivity index (χ4n) is 1.35. The summed E-state index contributed by atoms with van der Waals surface area (Å²) < 4.78 is 18.6. The van der Waals surface area contributed by atoms with E-state index in [1.807, 2.05) is 0 Å². The van der Waals surface area contributed by atoms with E-state index in [2.05, 4.69) is 0 Å². The Morgan fingerprint density at radius 3 is 2.79 bits per heavy atom. The van der Waals surface area contributed by atoms with Gasteiger partial charge in [0.1, 0.15) is 5.82 Å². The Balaban J connectivity index is 3.00. The minimum absolute atomic E-state index is 0.0483. The van der Waals surface area contributed by atoms with Crippen LogP contribution in [0.5, 0.6) is 0 Å². The molecule has 0 fully saturated rings. The van der Waals surface area contributed by atoms with E-state index in [9.17, 15) is 4.39 Å². The van der Waals surface area contributed by atoms with E-state index < -0.39 is 0 Å². The van der Waals surface area contributed by atoms with Gasteiger partial charge >= 0.3 is 0 Å². The van der Waals surface area contributed by atoms with Crippen LogP contribution in [-0.4, -0.2) is 18.8 Å². The molecule has 1 rings (SSSR count). The van der Waals surface area contributed by atoms with Gasteiger partial charge in [-0.3, -0.25) is 0 Å². The standard InChI is InChI=1S/C11H15FO2/c1-8(6-13)10-5-3-4-9(7-14-2)11(10)12/h3-5,8,13H,6-7H2,1-2H3. The van der Waals surface area contributed by atoms with Crippen molar-refractivity contribution in [1.82, 2.24) is 0 Å². The summed E-state index contributed by atoms with van der Waals surface area (Å²) in [6.45, 7) is 2.00. The van der Waals surface area contributed by atoms with Crippen LogP contribution in [0.15, 0.2) is 18.2 Å². The molecule has 2 nitrogen and oxygen atoms in total. The molecule has 0 amide bonds. The van der Waals surface area contributed by atoms with Gasteiger partial charge in [-0.15, -0.1) is 0 Å². The summed E-state index contributed by atoms with van der Waals surface area (Å²) in [7, 11) is 1.53. The average Bonchev–Trinajstić information content (AvgIpc) is 2.20. The average molecular weight is 198 g/mol. The molecule has 0 aliphatic heterocycles. The number of ether oxygens (including phenoxy) is 1. The SMILES string of the molecule is COCc1cccc(C(C)CO)c1F. The fourth-order valence-corrected chi connectivity index (χ4v) is 1.35. The van der Waals surface area contributed by atoms with E-state index in [1.165, 1.54) is 7.11 Å². The summed E-state index contributed by atoms with van der Waals surface area (Å²) in [5, 5.41) is 8.94. The highest BCUT2D eigenvalue weighted by molar-refractivity contribution is 5.28. The van der Waals surface area contributed by atoms with Gasteiger partial charge in [-0.2, -0.15) is 0 Å². The van der Waals surface area contributed by atoms with Crippen molar-refractivity contribution in [1.29, 1.82) is 0 Å². The Hall–Kier alpha value is -0.930. The molecule has 0 spiro atoms. The first-order valence-electron chi connectivity index (χ1n) is 4.57. The molecule has 3 heteroatoms. The molecule has 0 saturated heterocycles. The lowest BCUT2D eigenvalue weighted by Gasteiger charge is -2.12. The van der Waals surface area contributed by atoms with Crippen molar-refractivity contribution >= 4 is 0 Å². The fraction of sp³-hybridized carbons (Fsp3) is 0.455. The maximum absolute atomic E-state index is 13.7. The van der Waals surface area contributed by atoms with Gasteiger partial charge in [0, 0.05) is 25.2 Å². The van der Waals surface area contributed by atoms with Gasteiger partial charge in [0.05, 0.1) is 6.61 Å². The van der Waals surface area contributed by atoms with Crippen molar-refractivity contribution in [3.05, 3.63) is 35.1 Å². The van der Waals surface area contributed by atoms with Gasteiger partial charge in [0.25, 0.3) is 0 Å². The maximum atomic E-state index is 13.7. The Morgan fingerprint density at radius 2 is 2.21 bits per heavy atom. The summed E-state index contributed by atoms with van der Waals surface area (Å²) in [6, 6.07) is 5.15. The number of aliphatic hydroxyl groups excluding tert-OH is 1. The number of hydrogen-bond donors (Lipinski definition) is 1. The van der Waals surface area contributed by atoms with Gasteiger partial charge in [0.2, 0.25) is 0 Å². The minimum atomic E-state index is -0.268. The monoisotopic (exact) mass is 198 g/mol. The predicted molar refractivity (Wildman–Crippen MR) is 52.6 cm³/mol. The minimum Gasteiger partial charge on any atom is -0.396 e. The van der Waals surface area contributed by atoms with Crippen molar-refractivity contribution in [3.63, 3.8) is 0 Å². The normalized spacial score (nSPS) is 12.9. The molecule has 78 valence electrons. The number of methoxy groups -OCH3 is 1. The predicted octanol–water partition coefficient (Wildman–Crippen LogP) is 2.07. The first kappa shape index (κ1) is 11.1. The summed E-state index contributed by atoms with van der Waals surface area (Å²) >= 11 is 0. The zero-order chi connectivity index (χ0) is 10.6. The van der Waals surface area contributed by atoms with Crippen LogP contribution in [0.4, 0.5) is 4.39 Å². The van der Waals surface area contributed by atoms with Crippen LogP contribution in [-0.2, 0) is 11.3 Å². The molecule has 0 aliphatic carbocycles. The molecule has 0 heterocycles. The van der Waals surface area contributed by atoms with Gasteiger partial charge in [-0.05, 0) is 5.56 Å². The van der Waals surface area contributed by atoms with E-state index >= 15 is 0 Å². The second-order valence-electron chi connectivity index (χ2n) is 3.34. The van der Waals surface area contributed by atoms with E-state index in [-0.39, 0.29) is 24.9 Å². The van der Waals surface area contributed by atoms with E-state index in [4.69, 9.17) is 9.84 Å². The van der Waals surface area contributed by atoms with Crippen LogP contribution >= 0.6 is 0 Å². The number of rotatable bonds is 4. The third kappa shape index (κ3) is 2.30. The lowest BCUT2D eigenvalue weighted by molar-refractivity contribution is 0.181. The van der Waals surface area contributed by atoms with Gasteiger partial charge in [-0.25, -0.2) is 4.39 Å². The molecule has 0 saturated carbocycles. The smallest absolute Gasteiger partial charge is 0.132 e. The lowest BCUT2D eigenvalue weighted by Crippen LogP contribution is -2.04. The highest BCUT2D eigenvalue weighted by Gasteiger charge is 2.12. The molecule has 0 aromatic heterocycles.